The minimum Gasteiger partial charge on any atom is -0.309 e. The van der Waals surface area contributed by atoms with Gasteiger partial charge in [0.25, 0.3) is 5.56 Å². The molecule has 5 rings (SSSR count). The van der Waals surface area contributed by atoms with Crippen LogP contribution in [-0.4, -0.2) is 24.7 Å². The van der Waals surface area contributed by atoms with Crippen LogP contribution < -0.4 is 11.2 Å². The molecule has 0 fully saturated rings. The second-order valence-corrected chi connectivity index (χ2v) is 9.52. The first-order valence-corrected chi connectivity index (χ1v) is 12.4. The number of halogens is 1. The molecule has 2 N–H and O–H groups in total. The van der Waals surface area contributed by atoms with Crippen LogP contribution in [0.5, 0.6) is 0 Å². The van der Waals surface area contributed by atoms with Crippen LogP contribution in [-0.2, 0) is 18.7 Å². The molecule has 10 heteroatoms. The second kappa shape index (κ2) is 9.38. The van der Waals surface area contributed by atoms with Crippen LogP contribution in [0.2, 0.25) is 5.02 Å². The molecule has 0 unspecified atom stereocenters. The third-order valence-electron chi connectivity index (χ3n) is 5.19. The minimum absolute atomic E-state index is 0.213. The normalized spacial score (nSPS) is 11.3. The number of aromatic nitrogens is 5. The number of hydrogen-bond acceptors (Lipinski definition) is 6. The van der Waals surface area contributed by atoms with Crippen molar-refractivity contribution in [1.29, 1.82) is 0 Å². The first-order chi connectivity index (χ1) is 16.1. The SMILES string of the molecule is O=c1[nH]c(CSc2n[nH]c(=O)n2CCc2ccccc2)nc2scc(-c3ccccc3Cl)c12. The molecule has 5 aromatic rings. The Labute approximate surface area is 201 Å². The molecule has 0 radical (unpaired) electrons. The van der Waals surface area contributed by atoms with E-state index in [0.717, 1.165) is 23.1 Å². The maximum Gasteiger partial charge on any atom is 0.343 e. The van der Waals surface area contributed by atoms with E-state index in [-0.39, 0.29) is 11.2 Å². The first kappa shape index (κ1) is 21.7. The van der Waals surface area contributed by atoms with Crippen molar-refractivity contribution in [1.82, 2.24) is 24.7 Å². The van der Waals surface area contributed by atoms with Gasteiger partial charge < -0.3 is 4.98 Å². The molecular weight excluding hydrogens is 478 g/mol. The summed E-state index contributed by atoms with van der Waals surface area (Å²) in [6, 6.07) is 17.4. The van der Waals surface area contributed by atoms with Crippen molar-refractivity contribution in [3.05, 3.63) is 97.2 Å². The van der Waals surface area contributed by atoms with Crippen LogP contribution in [0.15, 0.2) is 74.7 Å². The lowest BCUT2D eigenvalue weighted by Gasteiger charge is -2.06. The van der Waals surface area contributed by atoms with Crippen LogP contribution in [0.4, 0.5) is 0 Å². The quantitative estimate of drug-likeness (QED) is 0.318. The predicted octanol–water partition coefficient (Wildman–Crippen LogP) is 4.72. The predicted molar refractivity (Wildman–Crippen MR) is 133 cm³/mol. The number of hydrogen-bond donors (Lipinski definition) is 2. The molecule has 0 bridgehead atoms. The first-order valence-electron chi connectivity index (χ1n) is 10.2. The van der Waals surface area contributed by atoms with Crippen LogP contribution in [0.3, 0.4) is 0 Å². The van der Waals surface area contributed by atoms with Gasteiger partial charge in [-0.25, -0.2) is 14.9 Å². The fourth-order valence-electron chi connectivity index (χ4n) is 3.57. The highest BCUT2D eigenvalue weighted by atomic mass is 35.5. The zero-order valence-corrected chi connectivity index (χ0v) is 19.6. The molecule has 0 saturated heterocycles. The Morgan fingerprint density at radius 1 is 1.03 bits per heavy atom. The smallest absolute Gasteiger partial charge is 0.309 e. The van der Waals surface area contributed by atoms with Gasteiger partial charge in [0.2, 0.25) is 0 Å². The minimum atomic E-state index is -0.257. The molecule has 3 heterocycles. The monoisotopic (exact) mass is 495 g/mol. The van der Waals surface area contributed by atoms with E-state index < -0.39 is 0 Å². The summed E-state index contributed by atoms with van der Waals surface area (Å²) in [6.45, 7) is 0.511. The van der Waals surface area contributed by atoms with Gasteiger partial charge in [-0.15, -0.1) is 16.4 Å². The number of aryl methyl sites for hydroxylation is 1. The van der Waals surface area contributed by atoms with Crippen LogP contribution in [0.1, 0.15) is 11.4 Å². The van der Waals surface area contributed by atoms with E-state index in [1.165, 1.54) is 23.1 Å². The fourth-order valence-corrected chi connectivity index (χ4v) is 5.61. The van der Waals surface area contributed by atoms with Crippen molar-refractivity contribution < 1.29 is 0 Å². The zero-order valence-electron chi connectivity index (χ0n) is 17.2. The van der Waals surface area contributed by atoms with Crippen molar-refractivity contribution >= 4 is 44.9 Å². The zero-order chi connectivity index (χ0) is 22.8. The summed E-state index contributed by atoms with van der Waals surface area (Å²) in [4.78, 5) is 33.3. The molecule has 0 atom stereocenters. The topological polar surface area (TPSA) is 96.4 Å². The molecule has 0 amide bonds. The van der Waals surface area contributed by atoms with Crippen molar-refractivity contribution in [3.8, 4) is 11.1 Å². The van der Waals surface area contributed by atoms with Crippen molar-refractivity contribution in [2.45, 2.75) is 23.9 Å². The number of nitrogens with one attached hydrogen (secondary N) is 2. The third kappa shape index (κ3) is 4.52. The largest absolute Gasteiger partial charge is 0.343 e. The van der Waals surface area contributed by atoms with Gasteiger partial charge in [-0.2, -0.15) is 0 Å². The number of rotatable bonds is 7. The Morgan fingerprint density at radius 2 is 1.82 bits per heavy atom. The Hall–Kier alpha value is -3.14. The lowest BCUT2D eigenvalue weighted by atomic mass is 10.1. The summed E-state index contributed by atoms with van der Waals surface area (Å²) in [7, 11) is 0. The van der Waals surface area contributed by atoms with E-state index in [2.05, 4.69) is 20.2 Å². The highest BCUT2D eigenvalue weighted by Gasteiger charge is 2.16. The van der Waals surface area contributed by atoms with Gasteiger partial charge in [0.05, 0.1) is 11.1 Å². The molecule has 2 aromatic carbocycles. The maximum absolute atomic E-state index is 12.9. The number of benzene rings is 2. The number of H-pyrrole nitrogens is 2. The summed E-state index contributed by atoms with van der Waals surface area (Å²) in [6.07, 6.45) is 0.717. The van der Waals surface area contributed by atoms with E-state index in [0.29, 0.717) is 38.5 Å². The Bertz CT molecular complexity index is 1540. The molecule has 166 valence electrons. The molecular formula is C23H18ClN5O2S2. The van der Waals surface area contributed by atoms with Gasteiger partial charge in [-0.1, -0.05) is 71.9 Å². The second-order valence-electron chi connectivity index (χ2n) is 7.31. The molecule has 3 aromatic heterocycles. The summed E-state index contributed by atoms with van der Waals surface area (Å²) in [5.41, 5.74) is 2.25. The maximum atomic E-state index is 12.9. The molecule has 0 saturated carbocycles. The van der Waals surface area contributed by atoms with E-state index >= 15 is 0 Å². The highest BCUT2D eigenvalue weighted by Crippen LogP contribution is 2.35. The van der Waals surface area contributed by atoms with Gasteiger partial charge in [-0.3, -0.25) is 9.36 Å². The van der Waals surface area contributed by atoms with Gasteiger partial charge in [0.1, 0.15) is 10.7 Å². The average molecular weight is 496 g/mol. The molecule has 33 heavy (non-hydrogen) atoms. The van der Waals surface area contributed by atoms with E-state index in [1.54, 1.807) is 10.6 Å². The highest BCUT2D eigenvalue weighted by molar-refractivity contribution is 7.98. The number of nitrogens with zero attached hydrogens (tertiary/aromatic N) is 3. The molecule has 7 nitrogen and oxygen atoms in total. The fraction of sp³-hybridized carbons (Fsp3) is 0.130. The van der Waals surface area contributed by atoms with Crippen LogP contribution in [0.25, 0.3) is 21.3 Å². The van der Waals surface area contributed by atoms with Crippen molar-refractivity contribution in [3.63, 3.8) is 0 Å². The van der Waals surface area contributed by atoms with Gasteiger partial charge in [0, 0.05) is 28.1 Å². The van der Waals surface area contributed by atoms with Gasteiger partial charge >= 0.3 is 5.69 Å². The summed E-state index contributed by atoms with van der Waals surface area (Å²) >= 11 is 9.08. The van der Waals surface area contributed by atoms with E-state index in [4.69, 9.17) is 11.6 Å². The van der Waals surface area contributed by atoms with Gasteiger partial charge in [-0.05, 0) is 18.1 Å². The van der Waals surface area contributed by atoms with E-state index in [1.807, 2.05) is 53.9 Å². The van der Waals surface area contributed by atoms with Crippen molar-refractivity contribution in [2.75, 3.05) is 0 Å². The van der Waals surface area contributed by atoms with Crippen LogP contribution in [0, 0.1) is 0 Å². The van der Waals surface area contributed by atoms with E-state index in [9.17, 15) is 9.59 Å². The molecule has 0 aliphatic carbocycles. The summed E-state index contributed by atoms with van der Waals surface area (Å²) < 4.78 is 1.61. The van der Waals surface area contributed by atoms with Crippen LogP contribution >= 0.6 is 34.7 Å². The molecule has 0 spiro atoms. The number of fused-ring (bicyclic) bond motifs is 1. The Kier molecular flexibility index (Phi) is 6.17. The Balaban J connectivity index is 1.36. The molecule has 0 aliphatic rings. The summed E-state index contributed by atoms with van der Waals surface area (Å²) in [5.74, 6) is 0.898. The number of thioether (sulfide) groups is 1. The van der Waals surface area contributed by atoms with Crippen molar-refractivity contribution in [2.24, 2.45) is 0 Å². The Morgan fingerprint density at radius 3 is 2.64 bits per heavy atom. The lowest BCUT2D eigenvalue weighted by Crippen LogP contribution is -2.19. The average Bonchev–Trinajstić information content (AvgIpc) is 3.41. The summed E-state index contributed by atoms with van der Waals surface area (Å²) in [5, 5.41) is 10.2. The molecule has 0 aliphatic heterocycles. The lowest BCUT2D eigenvalue weighted by molar-refractivity contribution is 0.615. The number of aromatic amines is 2. The number of thiophene rings is 1. The van der Waals surface area contributed by atoms with Gasteiger partial charge in [0.15, 0.2) is 5.16 Å². The standard InChI is InChI=1S/C23H18ClN5O2S2/c24-17-9-5-4-8-15(17)16-12-32-21-19(16)20(30)25-18(26-21)13-33-23-28-27-22(31)29(23)11-10-14-6-2-1-3-7-14/h1-9,12H,10-11,13H2,(H,27,31)(H,25,26,30). The third-order valence-corrected chi connectivity index (χ3v) is 7.37.